The summed E-state index contributed by atoms with van der Waals surface area (Å²) in [5, 5.41) is 14.8. The third-order valence-corrected chi connectivity index (χ3v) is 4.93. The Morgan fingerprint density at radius 2 is 1.96 bits per heavy atom. The van der Waals surface area contributed by atoms with Gasteiger partial charge in [-0.15, -0.1) is 0 Å². The molecule has 140 valence electrons. The molecule has 0 radical (unpaired) electrons. The lowest BCUT2D eigenvalue weighted by molar-refractivity contribution is 0.876. The number of aromatic amines is 1. The molecule has 0 amide bonds. The van der Waals surface area contributed by atoms with E-state index in [0.29, 0.717) is 18.5 Å². The van der Waals surface area contributed by atoms with Crippen molar-refractivity contribution in [3.63, 3.8) is 0 Å². The first-order chi connectivity index (χ1) is 13.7. The smallest absolute Gasteiger partial charge is 0.137 e. The van der Waals surface area contributed by atoms with E-state index in [9.17, 15) is 5.26 Å². The minimum atomic E-state index is 0.521. The molecule has 2 aromatic heterocycles. The molecule has 0 bridgehead atoms. The monoisotopic (exact) mass is 370 g/mol. The van der Waals surface area contributed by atoms with Crippen molar-refractivity contribution in [2.45, 2.75) is 19.8 Å². The summed E-state index contributed by atoms with van der Waals surface area (Å²) in [5.41, 5.74) is 10.7. The molecule has 0 saturated carbocycles. The fraction of sp³-hybridized carbons (Fsp3) is 0.227. The number of para-hydroxylation sites is 1. The Kier molecular flexibility index (Phi) is 4.92. The quantitative estimate of drug-likeness (QED) is 0.482. The molecule has 6 nitrogen and oxygen atoms in total. The zero-order valence-electron chi connectivity index (χ0n) is 15.8. The van der Waals surface area contributed by atoms with Crippen molar-refractivity contribution < 1.29 is 0 Å². The summed E-state index contributed by atoms with van der Waals surface area (Å²) >= 11 is 0. The zero-order chi connectivity index (χ0) is 19.5. The zero-order valence-corrected chi connectivity index (χ0v) is 15.8. The number of hydrogen-bond acceptors (Lipinski definition) is 5. The molecule has 2 aromatic carbocycles. The summed E-state index contributed by atoms with van der Waals surface area (Å²) in [6.07, 6.45) is 1.48. The molecule has 4 N–H and O–H groups in total. The number of rotatable bonds is 6. The second-order valence-electron chi connectivity index (χ2n) is 6.82. The molecule has 0 aliphatic rings. The van der Waals surface area contributed by atoms with Gasteiger partial charge in [0.05, 0.1) is 17.1 Å². The lowest BCUT2D eigenvalue weighted by atomic mass is 10.1. The van der Waals surface area contributed by atoms with Crippen molar-refractivity contribution in [2.75, 3.05) is 18.4 Å². The van der Waals surface area contributed by atoms with Crippen molar-refractivity contribution in [1.82, 2.24) is 15.0 Å². The minimum absolute atomic E-state index is 0.521. The van der Waals surface area contributed by atoms with Gasteiger partial charge in [-0.1, -0.05) is 12.1 Å². The number of anilines is 1. The summed E-state index contributed by atoms with van der Waals surface area (Å²) in [6.45, 7) is 3.32. The molecular weight excluding hydrogens is 348 g/mol. The molecule has 2 heterocycles. The third kappa shape index (κ3) is 3.40. The average Bonchev–Trinajstić information content (AvgIpc) is 3.02. The van der Waals surface area contributed by atoms with E-state index >= 15 is 0 Å². The number of hydrogen-bond donors (Lipinski definition) is 3. The number of aryl methyl sites for hydroxylation is 1. The van der Waals surface area contributed by atoms with Crippen LogP contribution in [0.15, 0.2) is 42.5 Å². The van der Waals surface area contributed by atoms with Crippen LogP contribution >= 0.6 is 0 Å². The van der Waals surface area contributed by atoms with Crippen LogP contribution in [0.3, 0.4) is 0 Å². The Morgan fingerprint density at radius 3 is 2.79 bits per heavy atom. The van der Waals surface area contributed by atoms with Crippen LogP contribution in [0, 0.1) is 18.3 Å². The predicted molar refractivity (Wildman–Crippen MR) is 112 cm³/mol. The first-order valence-electron chi connectivity index (χ1n) is 9.40. The van der Waals surface area contributed by atoms with Gasteiger partial charge < -0.3 is 16.0 Å². The van der Waals surface area contributed by atoms with Crippen LogP contribution < -0.4 is 11.1 Å². The van der Waals surface area contributed by atoms with Crippen LogP contribution in [0.25, 0.3) is 21.8 Å². The maximum atomic E-state index is 9.19. The second-order valence-corrected chi connectivity index (χ2v) is 6.82. The number of nitrogens with one attached hydrogen (secondary N) is 2. The van der Waals surface area contributed by atoms with E-state index in [4.69, 9.17) is 5.73 Å². The van der Waals surface area contributed by atoms with E-state index in [2.05, 4.69) is 33.3 Å². The number of nitriles is 1. The lowest BCUT2D eigenvalue weighted by Crippen LogP contribution is -2.11. The van der Waals surface area contributed by atoms with Crippen LogP contribution in [0.1, 0.15) is 22.6 Å². The van der Waals surface area contributed by atoms with Crippen molar-refractivity contribution in [1.29, 1.82) is 5.26 Å². The van der Waals surface area contributed by atoms with Gasteiger partial charge in [0.25, 0.3) is 0 Å². The van der Waals surface area contributed by atoms with Crippen LogP contribution in [-0.4, -0.2) is 28.0 Å². The highest BCUT2D eigenvalue weighted by Crippen LogP contribution is 2.25. The standard InChI is InChI=1S/C22H22N6/c1-14-16(18-12-15(13-24)6-7-20(18)26-14)9-11-25-22-17-4-2-3-5-19(17)27-21(28-22)8-10-23/h2-7,12,26H,8-11,23H2,1H3,(H,25,27,28). The SMILES string of the molecule is Cc1[nH]c2ccc(C#N)cc2c1CCNc1nc(CCN)nc2ccccc12. The molecule has 28 heavy (non-hydrogen) atoms. The summed E-state index contributed by atoms with van der Waals surface area (Å²) in [4.78, 5) is 12.7. The van der Waals surface area contributed by atoms with Gasteiger partial charge in [-0.25, -0.2) is 9.97 Å². The van der Waals surface area contributed by atoms with Gasteiger partial charge in [0.1, 0.15) is 11.6 Å². The van der Waals surface area contributed by atoms with E-state index < -0.39 is 0 Å². The topological polar surface area (TPSA) is 103 Å². The molecule has 0 aliphatic carbocycles. The largest absolute Gasteiger partial charge is 0.369 e. The van der Waals surface area contributed by atoms with Crippen LogP contribution in [0.5, 0.6) is 0 Å². The first kappa shape index (κ1) is 18.0. The normalized spacial score (nSPS) is 11.0. The van der Waals surface area contributed by atoms with Crippen molar-refractivity contribution in [3.05, 3.63) is 65.1 Å². The second kappa shape index (κ2) is 7.67. The van der Waals surface area contributed by atoms with Crippen molar-refractivity contribution in [2.24, 2.45) is 5.73 Å². The molecule has 4 aromatic rings. The average molecular weight is 370 g/mol. The van der Waals surface area contributed by atoms with Crippen molar-refractivity contribution in [3.8, 4) is 6.07 Å². The summed E-state index contributed by atoms with van der Waals surface area (Å²) in [5.74, 6) is 1.59. The number of aromatic nitrogens is 3. The summed E-state index contributed by atoms with van der Waals surface area (Å²) < 4.78 is 0. The number of benzene rings is 2. The highest BCUT2D eigenvalue weighted by atomic mass is 15.0. The molecule has 4 rings (SSSR count). The number of fused-ring (bicyclic) bond motifs is 2. The maximum Gasteiger partial charge on any atom is 0.137 e. The Bertz CT molecular complexity index is 1190. The maximum absolute atomic E-state index is 9.19. The number of H-pyrrole nitrogens is 1. The third-order valence-electron chi connectivity index (χ3n) is 4.93. The van der Waals surface area contributed by atoms with Crippen LogP contribution in [0.4, 0.5) is 5.82 Å². The lowest BCUT2D eigenvalue weighted by Gasteiger charge is -2.11. The Hall–Kier alpha value is -3.43. The van der Waals surface area contributed by atoms with Crippen molar-refractivity contribution >= 4 is 27.6 Å². The predicted octanol–water partition coefficient (Wildman–Crippen LogP) is 3.45. The van der Waals surface area contributed by atoms with E-state index in [1.54, 1.807) is 0 Å². The molecule has 0 unspecified atom stereocenters. The summed E-state index contributed by atoms with van der Waals surface area (Å²) in [7, 11) is 0. The van der Waals surface area contributed by atoms with E-state index in [1.165, 1.54) is 5.56 Å². The highest BCUT2D eigenvalue weighted by Gasteiger charge is 2.11. The fourth-order valence-corrected chi connectivity index (χ4v) is 3.58. The Labute approximate surface area is 163 Å². The van der Waals surface area contributed by atoms with Gasteiger partial charge in [0, 0.05) is 34.9 Å². The van der Waals surface area contributed by atoms with E-state index in [-0.39, 0.29) is 0 Å². The van der Waals surface area contributed by atoms with E-state index in [1.807, 2.05) is 42.5 Å². The molecule has 6 heteroatoms. The first-order valence-corrected chi connectivity index (χ1v) is 9.40. The fourth-order valence-electron chi connectivity index (χ4n) is 3.58. The van der Waals surface area contributed by atoms with Gasteiger partial charge in [-0.2, -0.15) is 5.26 Å². The Morgan fingerprint density at radius 1 is 1.11 bits per heavy atom. The molecule has 0 spiro atoms. The van der Waals surface area contributed by atoms with Crippen LogP contribution in [-0.2, 0) is 12.8 Å². The van der Waals surface area contributed by atoms with Gasteiger partial charge in [0.15, 0.2) is 0 Å². The van der Waals surface area contributed by atoms with Gasteiger partial charge >= 0.3 is 0 Å². The van der Waals surface area contributed by atoms with Gasteiger partial charge in [0.2, 0.25) is 0 Å². The van der Waals surface area contributed by atoms with Gasteiger partial charge in [-0.3, -0.25) is 0 Å². The molecule has 0 fully saturated rings. The number of nitrogens with zero attached hydrogens (tertiary/aromatic N) is 3. The summed E-state index contributed by atoms with van der Waals surface area (Å²) in [6, 6.07) is 16.0. The highest BCUT2D eigenvalue weighted by molar-refractivity contribution is 5.89. The number of nitrogens with two attached hydrogens (primary N) is 1. The molecule has 0 atom stereocenters. The van der Waals surface area contributed by atoms with E-state index in [0.717, 1.165) is 52.1 Å². The molecule has 0 aliphatic heterocycles. The minimum Gasteiger partial charge on any atom is -0.369 e. The van der Waals surface area contributed by atoms with Crippen LogP contribution in [0.2, 0.25) is 0 Å². The molecular formula is C22H22N6. The van der Waals surface area contributed by atoms with Gasteiger partial charge in [-0.05, 0) is 55.8 Å². The molecule has 0 saturated heterocycles. The Balaban J connectivity index is 1.60.